The van der Waals surface area contributed by atoms with Gasteiger partial charge in [0.2, 0.25) is 5.91 Å². The van der Waals surface area contributed by atoms with Crippen LogP contribution in [0.1, 0.15) is 80.9 Å². The van der Waals surface area contributed by atoms with Crippen molar-refractivity contribution < 1.29 is 28.7 Å². The Labute approximate surface area is 364 Å². The summed E-state index contributed by atoms with van der Waals surface area (Å²) in [6.45, 7) is 1.79. The van der Waals surface area contributed by atoms with Crippen LogP contribution in [0.5, 0.6) is 11.5 Å². The Morgan fingerprint density at radius 3 is 2.40 bits per heavy atom. The van der Waals surface area contributed by atoms with E-state index in [1.165, 1.54) is 16.5 Å². The summed E-state index contributed by atoms with van der Waals surface area (Å²) in [5.41, 5.74) is 5.00. The fourth-order valence-corrected chi connectivity index (χ4v) is 8.04. The minimum absolute atomic E-state index is 0.164. The van der Waals surface area contributed by atoms with Crippen LogP contribution in [0.15, 0.2) is 77.7 Å². The van der Waals surface area contributed by atoms with Gasteiger partial charge in [0.25, 0.3) is 23.3 Å². The number of carbonyl (C=O) groups is 5. The minimum Gasteiger partial charge on any atom is -0.457 e. The number of aldehydes is 1. The molecule has 326 valence electrons. The molecule has 0 saturated heterocycles. The lowest BCUT2D eigenvalue weighted by molar-refractivity contribution is -0.121. The number of nitrogens with zero attached hydrogens (tertiary/aromatic N) is 2. The number of nitrogens with one attached hydrogen (secondary N) is 6. The van der Waals surface area contributed by atoms with Crippen LogP contribution in [0.4, 0.5) is 5.69 Å². The van der Waals surface area contributed by atoms with E-state index in [0.29, 0.717) is 71.0 Å². The lowest BCUT2D eigenvalue weighted by Gasteiger charge is -2.22. The lowest BCUT2D eigenvalue weighted by Crippen LogP contribution is -2.37. The van der Waals surface area contributed by atoms with Gasteiger partial charge >= 0.3 is 0 Å². The van der Waals surface area contributed by atoms with E-state index in [9.17, 15) is 28.8 Å². The Morgan fingerprint density at radius 1 is 0.887 bits per heavy atom. The van der Waals surface area contributed by atoms with E-state index in [1.54, 1.807) is 50.4 Å². The second kappa shape index (κ2) is 21.4. The average molecular weight is 863 g/mol. The zero-order chi connectivity index (χ0) is 44.2. The maximum atomic E-state index is 13.9. The van der Waals surface area contributed by atoms with Crippen LogP contribution in [-0.2, 0) is 29.6 Å². The first-order valence-corrected chi connectivity index (χ1v) is 22.0. The van der Waals surface area contributed by atoms with Crippen molar-refractivity contribution in [1.29, 1.82) is 0 Å². The smallest absolute Gasteiger partial charge is 0.274 e. The van der Waals surface area contributed by atoms with Gasteiger partial charge in [0.15, 0.2) is 0 Å². The summed E-state index contributed by atoms with van der Waals surface area (Å²) in [7, 11) is 4.99. The van der Waals surface area contributed by atoms with Crippen LogP contribution in [-0.4, -0.2) is 90.4 Å². The predicted molar refractivity (Wildman–Crippen MR) is 243 cm³/mol. The molecule has 0 saturated carbocycles. The summed E-state index contributed by atoms with van der Waals surface area (Å²) in [5.74, 6) is -0.0377. The van der Waals surface area contributed by atoms with Crippen molar-refractivity contribution in [2.24, 2.45) is 7.05 Å². The Morgan fingerprint density at radius 2 is 1.66 bits per heavy atom. The normalized spacial score (nSPS) is 12.5. The predicted octanol–water partition coefficient (Wildman–Crippen LogP) is 5.55. The van der Waals surface area contributed by atoms with E-state index in [-0.39, 0.29) is 53.2 Å². The molecule has 0 radical (unpaired) electrons. The first-order valence-electron chi connectivity index (χ1n) is 20.8. The molecule has 2 aromatic heterocycles. The van der Waals surface area contributed by atoms with Crippen LogP contribution >= 0.6 is 11.9 Å². The number of likely N-dealkylation sites (N-methyl/N-ethyl adjacent to an activating group) is 1. The largest absolute Gasteiger partial charge is 0.457 e. The highest BCUT2D eigenvalue weighted by Crippen LogP contribution is 2.41. The molecular weight excluding hydrogens is 809 g/mol. The minimum atomic E-state index is -0.664. The molecule has 3 aromatic carbocycles. The van der Waals surface area contributed by atoms with E-state index in [4.69, 9.17) is 4.74 Å². The lowest BCUT2D eigenvalue weighted by atomic mass is 9.98. The summed E-state index contributed by atoms with van der Waals surface area (Å²) in [5, 5.41) is 12.0. The molecule has 1 unspecified atom stereocenters. The summed E-state index contributed by atoms with van der Waals surface area (Å²) in [6.07, 6.45) is 8.95. The third-order valence-electron chi connectivity index (χ3n) is 11.0. The number of aromatic nitrogens is 2. The molecule has 0 aliphatic carbocycles. The highest BCUT2D eigenvalue weighted by atomic mass is 32.2. The van der Waals surface area contributed by atoms with Gasteiger partial charge in [0.05, 0.1) is 17.3 Å². The molecule has 1 aliphatic heterocycles. The van der Waals surface area contributed by atoms with E-state index in [1.807, 2.05) is 54.8 Å². The number of hydrogen-bond donors (Lipinski definition) is 6. The molecular formula is C46H54N8O7S. The van der Waals surface area contributed by atoms with E-state index in [0.717, 1.165) is 49.5 Å². The number of amides is 4. The Bertz CT molecular complexity index is 2480. The van der Waals surface area contributed by atoms with E-state index < -0.39 is 6.04 Å². The van der Waals surface area contributed by atoms with Crippen LogP contribution < -0.4 is 36.3 Å². The Balaban J connectivity index is 1.14. The van der Waals surface area contributed by atoms with Crippen LogP contribution in [0.3, 0.4) is 0 Å². The first kappa shape index (κ1) is 45.1. The number of para-hydroxylation sites is 1. The second-order valence-electron chi connectivity index (χ2n) is 15.1. The molecule has 15 nitrogen and oxygen atoms in total. The SMILES string of the molecule is CNCCNC(=O)c1cc2c(-c3cc(NSC)c(C(=O)NCCCCCCc4cccc5c4CN(C(C=O)CCC(=O)NC)C5=O)cc3Oc3ccccc3)cn(C)c(=O)c2[nH]1. The quantitative estimate of drug-likeness (QED) is 0.0292. The van der Waals surface area contributed by atoms with Gasteiger partial charge in [-0.05, 0) is 80.3 Å². The van der Waals surface area contributed by atoms with Crippen molar-refractivity contribution in [2.75, 3.05) is 44.7 Å². The molecule has 62 heavy (non-hydrogen) atoms. The van der Waals surface area contributed by atoms with Gasteiger partial charge in [-0.15, -0.1) is 0 Å². The number of ether oxygens (including phenoxy) is 1. The second-order valence-corrected chi connectivity index (χ2v) is 15.7. The molecule has 3 heterocycles. The van der Waals surface area contributed by atoms with Gasteiger partial charge in [-0.25, -0.2) is 0 Å². The van der Waals surface area contributed by atoms with Gasteiger partial charge in [0.1, 0.15) is 29.0 Å². The monoisotopic (exact) mass is 862 g/mol. The fraction of sp³-hybridized carbons (Fsp3) is 0.348. The molecule has 0 bridgehead atoms. The van der Waals surface area contributed by atoms with E-state index >= 15 is 0 Å². The average Bonchev–Trinajstić information content (AvgIpc) is 3.88. The van der Waals surface area contributed by atoms with Crippen molar-refractivity contribution in [3.63, 3.8) is 0 Å². The fourth-order valence-electron chi connectivity index (χ4n) is 7.65. The van der Waals surface area contributed by atoms with Crippen molar-refractivity contribution in [3.8, 4) is 22.6 Å². The molecule has 16 heteroatoms. The number of aromatic amines is 1. The number of H-pyrrole nitrogens is 1. The summed E-state index contributed by atoms with van der Waals surface area (Å²) >= 11 is 1.33. The zero-order valence-corrected chi connectivity index (χ0v) is 36.3. The summed E-state index contributed by atoms with van der Waals surface area (Å²) in [4.78, 5) is 81.8. The number of carbonyl (C=O) groups excluding carboxylic acids is 5. The number of benzene rings is 3. The zero-order valence-electron chi connectivity index (χ0n) is 35.5. The molecule has 1 aliphatic rings. The Hall–Kier alpha value is -6.39. The van der Waals surface area contributed by atoms with E-state index in [2.05, 4.69) is 31.0 Å². The maximum absolute atomic E-state index is 13.9. The molecule has 0 fully saturated rings. The number of hydrogen-bond acceptors (Lipinski definition) is 10. The summed E-state index contributed by atoms with van der Waals surface area (Å²) in [6, 6.07) is 19.5. The molecule has 4 amide bonds. The van der Waals surface area contributed by atoms with Crippen LogP contribution in [0.25, 0.3) is 22.0 Å². The standard InChI is InChI=1S/C46H54N8O7S/c1-47-21-22-50-44(58)39-24-34-37(26-53(3)46(60)42(34)51-39)33-23-38(52-62-4)35(25-40(33)61-31-15-9-7-10-16-31)43(57)49-20-11-6-5-8-13-29-14-12-17-32-36(29)27-54(45(32)59)30(28-55)18-19-41(56)48-2/h7,9-10,12,14-17,23-26,28,30,47,51-52H,5-6,8,11,13,18-22,27H2,1-4H3,(H,48,56)(H,49,57)(H,50,58). The Kier molecular flexibility index (Phi) is 15.6. The highest BCUT2D eigenvalue weighted by Gasteiger charge is 2.34. The molecule has 6 N–H and O–H groups in total. The van der Waals surface area contributed by atoms with Crippen molar-refractivity contribution >= 4 is 58.5 Å². The topological polar surface area (TPSA) is 196 Å². The first-order chi connectivity index (χ1) is 30.1. The number of unbranched alkanes of at least 4 members (excludes halogenated alkanes) is 3. The van der Waals surface area contributed by atoms with Crippen molar-refractivity contribution in [3.05, 3.63) is 111 Å². The van der Waals surface area contributed by atoms with Crippen LogP contribution in [0.2, 0.25) is 0 Å². The molecule has 5 aromatic rings. The number of aryl methyl sites for hydroxylation is 2. The number of rotatable bonds is 22. The van der Waals surface area contributed by atoms with Gasteiger partial charge in [-0.2, -0.15) is 0 Å². The van der Waals surface area contributed by atoms with Crippen molar-refractivity contribution in [2.45, 2.75) is 57.5 Å². The van der Waals surface area contributed by atoms with Crippen LogP contribution in [0, 0.1) is 0 Å². The van der Waals surface area contributed by atoms with Gasteiger partial charge in [0, 0.05) is 81.2 Å². The van der Waals surface area contributed by atoms with Gasteiger partial charge < -0.3 is 50.0 Å². The third kappa shape index (κ3) is 10.5. The number of anilines is 1. The van der Waals surface area contributed by atoms with Gasteiger partial charge in [-0.3, -0.25) is 24.0 Å². The molecule has 0 spiro atoms. The number of pyridine rings is 1. The highest BCUT2D eigenvalue weighted by molar-refractivity contribution is 7.99. The maximum Gasteiger partial charge on any atom is 0.274 e. The third-order valence-corrected chi connectivity index (χ3v) is 11.4. The van der Waals surface area contributed by atoms with Crippen molar-refractivity contribution in [1.82, 2.24) is 35.7 Å². The molecule has 1 atom stereocenters. The summed E-state index contributed by atoms with van der Waals surface area (Å²) < 4.78 is 11.2. The van der Waals surface area contributed by atoms with Gasteiger partial charge in [-0.1, -0.05) is 55.1 Å². The molecule has 6 rings (SSSR count). The number of fused-ring (bicyclic) bond motifs is 2.